The van der Waals surface area contributed by atoms with Gasteiger partial charge in [0.05, 0.1) is 5.69 Å². The molecule has 1 aromatic carbocycles. The van der Waals surface area contributed by atoms with Gasteiger partial charge in [0.15, 0.2) is 0 Å². The molecule has 0 spiro atoms. The summed E-state index contributed by atoms with van der Waals surface area (Å²) in [7, 11) is -4.60. The fourth-order valence-electron chi connectivity index (χ4n) is 1.57. The zero-order valence-corrected chi connectivity index (χ0v) is 10.3. The maximum atomic E-state index is 12.5. The summed E-state index contributed by atoms with van der Waals surface area (Å²) in [6.45, 7) is 0.0355. The molecule has 1 heterocycles. The standard InChI is InChI=1S/C9H10F2N2O2S2/c10-9(11)17(14,15)13-3-4-16-8-2-1-6(12)5-7(8)13/h1-2,5,9H,3-4,12H2. The van der Waals surface area contributed by atoms with Crippen molar-refractivity contribution in [2.45, 2.75) is 10.7 Å². The van der Waals surface area contributed by atoms with Crippen LogP contribution in [0.3, 0.4) is 0 Å². The Labute approximate surface area is 102 Å². The van der Waals surface area contributed by atoms with Crippen LogP contribution in [0.25, 0.3) is 0 Å². The van der Waals surface area contributed by atoms with Crippen LogP contribution in [0, 0.1) is 0 Å². The first kappa shape index (κ1) is 12.4. The van der Waals surface area contributed by atoms with E-state index in [0.29, 0.717) is 16.3 Å². The van der Waals surface area contributed by atoms with Crippen molar-refractivity contribution in [3.63, 3.8) is 0 Å². The number of hydrogen-bond donors (Lipinski definition) is 1. The second-order valence-corrected chi connectivity index (χ2v) is 6.42. The number of fused-ring (bicyclic) bond motifs is 1. The summed E-state index contributed by atoms with van der Waals surface area (Å²) >= 11 is 1.42. The Morgan fingerprint density at radius 3 is 2.76 bits per heavy atom. The van der Waals surface area contributed by atoms with Crippen molar-refractivity contribution in [1.29, 1.82) is 0 Å². The zero-order chi connectivity index (χ0) is 12.6. The van der Waals surface area contributed by atoms with Crippen molar-refractivity contribution in [3.05, 3.63) is 18.2 Å². The molecule has 17 heavy (non-hydrogen) atoms. The Kier molecular flexibility index (Phi) is 3.17. The highest BCUT2D eigenvalue weighted by Crippen LogP contribution is 2.38. The van der Waals surface area contributed by atoms with E-state index < -0.39 is 15.8 Å². The topological polar surface area (TPSA) is 63.4 Å². The van der Waals surface area contributed by atoms with Crippen LogP contribution < -0.4 is 10.0 Å². The van der Waals surface area contributed by atoms with E-state index in [2.05, 4.69) is 0 Å². The van der Waals surface area contributed by atoms with Gasteiger partial charge in [-0.1, -0.05) is 0 Å². The summed E-state index contributed by atoms with van der Waals surface area (Å²) in [6.07, 6.45) is 0. The molecule has 0 saturated carbocycles. The number of benzene rings is 1. The second kappa shape index (κ2) is 4.34. The van der Waals surface area contributed by atoms with Crippen molar-refractivity contribution >= 4 is 33.2 Å². The molecule has 1 aliphatic rings. The Bertz CT molecular complexity index is 534. The molecule has 2 N–H and O–H groups in total. The molecule has 4 nitrogen and oxygen atoms in total. The molecule has 8 heteroatoms. The molecule has 0 amide bonds. The minimum atomic E-state index is -4.60. The third kappa shape index (κ3) is 2.19. The molecule has 0 bridgehead atoms. The molecule has 0 aromatic heterocycles. The lowest BCUT2D eigenvalue weighted by Crippen LogP contribution is -2.39. The maximum Gasteiger partial charge on any atom is 0.355 e. The summed E-state index contributed by atoms with van der Waals surface area (Å²) in [5.41, 5.74) is 6.13. The van der Waals surface area contributed by atoms with Crippen molar-refractivity contribution in [1.82, 2.24) is 0 Å². The van der Waals surface area contributed by atoms with E-state index in [-0.39, 0.29) is 12.2 Å². The summed E-state index contributed by atoms with van der Waals surface area (Å²) in [5.74, 6) is -2.97. The highest BCUT2D eigenvalue weighted by Gasteiger charge is 2.35. The molecule has 2 rings (SSSR count). The van der Waals surface area contributed by atoms with E-state index in [0.717, 1.165) is 4.31 Å². The number of hydrogen-bond acceptors (Lipinski definition) is 4. The molecule has 0 radical (unpaired) electrons. The first-order valence-corrected chi connectivity index (χ1v) is 7.24. The van der Waals surface area contributed by atoms with Gasteiger partial charge >= 0.3 is 5.76 Å². The maximum absolute atomic E-state index is 12.5. The van der Waals surface area contributed by atoms with E-state index in [9.17, 15) is 17.2 Å². The Morgan fingerprint density at radius 2 is 2.12 bits per heavy atom. The van der Waals surface area contributed by atoms with Crippen LogP contribution in [0.5, 0.6) is 0 Å². The average Bonchev–Trinajstić information content (AvgIpc) is 2.27. The minimum absolute atomic E-state index is 0.0355. The lowest BCUT2D eigenvalue weighted by atomic mass is 10.3. The Balaban J connectivity index is 2.52. The van der Waals surface area contributed by atoms with E-state index in [4.69, 9.17) is 5.73 Å². The van der Waals surface area contributed by atoms with E-state index in [1.54, 1.807) is 12.1 Å². The predicted octanol–water partition coefficient (Wildman–Crippen LogP) is 1.73. The van der Waals surface area contributed by atoms with Crippen molar-refractivity contribution in [2.24, 2.45) is 0 Å². The lowest BCUT2D eigenvalue weighted by molar-refractivity contribution is 0.234. The molecule has 0 unspecified atom stereocenters. The fourth-order valence-corrected chi connectivity index (χ4v) is 3.68. The second-order valence-electron chi connectivity index (χ2n) is 3.45. The van der Waals surface area contributed by atoms with Gasteiger partial charge in [0.1, 0.15) is 0 Å². The third-order valence-electron chi connectivity index (χ3n) is 2.34. The minimum Gasteiger partial charge on any atom is -0.399 e. The summed E-state index contributed by atoms with van der Waals surface area (Å²) in [5, 5.41) is 0. The summed E-state index contributed by atoms with van der Waals surface area (Å²) in [4.78, 5) is 0.648. The molecule has 0 atom stereocenters. The molecule has 0 aliphatic carbocycles. The van der Waals surface area contributed by atoms with Gasteiger partial charge in [0.2, 0.25) is 0 Å². The molecule has 0 saturated heterocycles. The lowest BCUT2D eigenvalue weighted by Gasteiger charge is -2.29. The van der Waals surface area contributed by atoms with Gasteiger partial charge in [0.25, 0.3) is 10.0 Å². The van der Waals surface area contributed by atoms with Crippen LogP contribution in [-0.2, 0) is 10.0 Å². The quantitative estimate of drug-likeness (QED) is 0.838. The highest BCUT2D eigenvalue weighted by molar-refractivity contribution is 8.00. The number of nitrogens with zero attached hydrogens (tertiary/aromatic N) is 1. The number of halogens is 2. The van der Waals surface area contributed by atoms with Crippen LogP contribution in [-0.4, -0.2) is 26.5 Å². The van der Waals surface area contributed by atoms with Crippen LogP contribution >= 0.6 is 11.8 Å². The molecular weight excluding hydrogens is 270 g/mol. The van der Waals surface area contributed by atoms with Gasteiger partial charge in [-0.15, -0.1) is 11.8 Å². The van der Waals surface area contributed by atoms with Gasteiger partial charge in [-0.2, -0.15) is 8.78 Å². The van der Waals surface area contributed by atoms with Crippen molar-refractivity contribution in [3.8, 4) is 0 Å². The molecular formula is C9H10F2N2O2S2. The first-order chi connectivity index (χ1) is 7.93. The predicted molar refractivity (Wildman–Crippen MR) is 63.8 cm³/mol. The van der Waals surface area contributed by atoms with Gasteiger partial charge in [0, 0.05) is 22.9 Å². The smallest absolute Gasteiger partial charge is 0.355 e. The van der Waals surface area contributed by atoms with Crippen LogP contribution in [0.4, 0.5) is 20.2 Å². The van der Waals surface area contributed by atoms with Crippen LogP contribution in [0.2, 0.25) is 0 Å². The number of nitrogens with two attached hydrogens (primary N) is 1. The van der Waals surface area contributed by atoms with Crippen molar-refractivity contribution in [2.75, 3.05) is 22.3 Å². The normalized spacial score (nSPS) is 16.1. The van der Waals surface area contributed by atoms with Crippen molar-refractivity contribution < 1.29 is 17.2 Å². The van der Waals surface area contributed by atoms with Crippen LogP contribution in [0.15, 0.2) is 23.1 Å². The fraction of sp³-hybridized carbons (Fsp3) is 0.333. The molecule has 0 fully saturated rings. The van der Waals surface area contributed by atoms with Gasteiger partial charge in [-0.3, -0.25) is 4.31 Å². The summed E-state index contributed by atoms with van der Waals surface area (Å²) < 4.78 is 48.8. The largest absolute Gasteiger partial charge is 0.399 e. The van der Waals surface area contributed by atoms with Crippen LogP contribution in [0.1, 0.15) is 0 Å². The number of alkyl halides is 2. The number of anilines is 2. The van der Waals surface area contributed by atoms with Gasteiger partial charge in [-0.25, -0.2) is 8.42 Å². The number of thioether (sulfide) groups is 1. The average molecular weight is 280 g/mol. The Morgan fingerprint density at radius 1 is 1.41 bits per heavy atom. The SMILES string of the molecule is Nc1ccc2c(c1)N(S(=O)(=O)C(F)F)CCS2. The third-order valence-corrected chi connectivity index (χ3v) is 4.82. The number of sulfonamides is 1. The van der Waals surface area contributed by atoms with E-state index in [1.807, 2.05) is 0 Å². The van der Waals surface area contributed by atoms with E-state index >= 15 is 0 Å². The van der Waals surface area contributed by atoms with E-state index in [1.165, 1.54) is 17.8 Å². The molecule has 94 valence electrons. The van der Waals surface area contributed by atoms with Gasteiger partial charge in [-0.05, 0) is 18.2 Å². The molecule has 1 aromatic rings. The zero-order valence-electron chi connectivity index (χ0n) is 8.64. The first-order valence-electron chi connectivity index (χ1n) is 4.75. The highest BCUT2D eigenvalue weighted by atomic mass is 32.2. The Hall–Kier alpha value is -1.02. The van der Waals surface area contributed by atoms with Gasteiger partial charge < -0.3 is 5.73 Å². The number of nitrogen functional groups attached to an aromatic ring is 1. The summed E-state index contributed by atoms with van der Waals surface area (Å²) in [6, 6.07) is 4.66. The monoisotopic (exact) mass is 280 g/mol. The molecule has 1 aliphatic heterocycles. The number of rotatable bonds is 2.